The highest BCUT2D eigenvalue weighted by molar-refractivity contribution is 7.89. The van der Waals surface area contributed by atoms with Crippen LogP contribution in [0.4, 0.5) is 0 Å². The van der Waals surface area contributed by atoms with Gasteiger partial charge in [0.1, 0.15) is 0 Å². The number of benzene rings is 1. The van der Waals surface area contributed by atoms with Gasteiger partial charge in [0.05, 0.1) is 11.2 Å². The summed E-state index contributed by atoms with van der Waals surface area (Å²) >= 11 is 0. The number of hydrogen-bond acceptors (Lipinski definition) is 5. The zero-order valence-electron chi connectivity index (χ0n) is 13.7. The normalized spacial score (nSPS) is 27.5. The number of nitrogens with zero attached hydrogens (tertiary/aromatic N) is 3. The van der Waals surface area contributed by atoms with Crippen molar-refractivity contribution in [2.45, 2.75) is 31.6 Å². The molecule has 2 fully saturated rings. The fraction of sp³-hybridized carbons (Fsp3) is 0.529. The molecule has 1 saturated carbocycles. The van der Waals surface area contributed by atoms with Crippen LogP contribution in [0.2, 0.25) is 0 Å². The van der Waals surface area contributed by atoms with E-state index in [-0.39, 0.29) is 17.1 Å². The Hall–Kier alpha value is -1.73. The second kappa shape index (κ2) is 5.67. The molecule has 1 aromatic heterocycles. The first kappa shape index (κ1) is 15.8. The van der Waals surface area contributed by atoms with E-state index in [1.165, 1.54) is 0 Å². The molecular weight excluding hydrogens is 326 g/mol. The standard InChI is InChI=1S/C17H21N3O3S/c1-2-24(21,22)20-11-14-9-6-10-17(14,12-20)16-18-15(23-19-16)13-7-4-3-5-8-13/h3-5,7-8,14H,2,6,9-12H2,1H3/t14-,17-/m1/s1. The van der Waals surface area contributed by atoms with Crippen LogP contribution in [0.15, 0.2) is 34.9 Å². The Morgan fingerprint density at radius 3 is 2.88 bits per heavy atom. The lowest BCUT2D eigenvalue weighted by Gasteiger charge is -2.24. The highest BCUT2D eigenvalue weighted by Gasteiger charge is 2.55. The second-order valence-corrected chi connectivity index (χ2v) is 8.99. The number of aromatic nitrogens is 2. The van der Waals surface area contributed by atoms with Crippen molar-refractivity contribution in [3.05, 3.63) is 36.2 Å². The van der Waals surface area contributed by atoms with Gasteiger partial charge in [-0.3, -0.25) is 0 Å². The molecule has 0 N–H and O–H groups in total. The van der Waals surface area contributed by atoms with Crippen LogP contribution in [0.5, 0.6) is 0 Å². The molecule has 24 heavy (non-hydrogen) atoms. The van der Waals surface area contributed by atoms with Crippen molar-refractivity contribution >= 4 is 10.0 Å². The summed E-state index contributed by atoms with van der Waals surface area (Å²) in [6.45, 7) is 2.74. The first-order valence-electron chi connectivity index (χ1n) is 8.42. The molecular formula is C17H21N3O3S. The van der Waals surface area contributed by atoms with Gasteiger partial charge in [-0.1, -0.05) is 29.8 Å². The van der Waals surface area contributed by atoms with Crippen molar-refractivity contribution in [3.8, 4) is 11.5 Å². The predicted molar refractivity (Wildman–Crippen MR) is 89.8 cm³/mol. The van der Waals surface area contributed by atoms with Gasteiger partial charge >= 0.3 is 0 Å². The molecule has 2 heterocycles. The molecule has 2 aromatic rings. The summed E-state index contributed by atoms with van der Waals surface area (Å²) < 4.78 is 31.7. The number of fused-ring (bicyclic) bond motifs is 1. The third-order valence-corrected chi connectivity index (χ3v) is 7.28. The Morgan fingerprint density at radius 1 is 1.33 bits per heavy atom. The van der Waals surface area contributed by atoms with E-state index in [0.717, 1.165) is 24.8 Å². The molecule has 1 saturated heterocycles. The van der Waals surface area contributed by atoms with E-state index in [4.69, 9.17) is 4.52 Å². The summed E-state index contributed by atoms with van der Waals surface area (Å²) in [4.78, 5) is 4.64. The minimum atomic E-state index is -3.18. The zero-order valence-corrected chi connectivity index (χ0v) is 14.5. The maximum absolute atomic E-state index is 12.3. The van der Waals surface area contributed by atoms with Crippen LogP contribution in [0.25, 0.3) is 11.5 Å². The Kier molecular flexibility index (Phi) is 3.73. The molecule has 4 rings (SSSR count). The molecule has 128 valence electrons. The molecule has 0 radical (unpaired) electrons. The molecule has 1 aliphatic heterocycles. The summed E-state index contributed by atoms with van der Waals surface area (Å²) in [5.74, 6) is 1.58. The number of rotatable bonds is 4. The van der Waals surface area contributed by atoms with Crippen LogP contribution in [0.3, 0.4) is 0 Å². The second-order valence-electron chi connectivity index (χ2n) is 6.73. The summed E-state index contributed by atoms with van der Waals surface area (Å²) in [6.07, 6.45) is 3.02. The topological polar surface area (TPSA) is 76.3 Å². The van der Waals surface area contributed by atoms with Crippen molar-refractivity contribution in [2.75, 3.05) is 18.8 Å². The largest absolute Gasteiger partial charge is 0.334 e. The van der Waals surface area contributed by atoms with Crippen molar-refractivity contribution in [2.24, 2.45) is 5.92 Å². The van der Waals surface area contributed by atoms with E-state index in [9.17, 15) is 8.42 Å². The molecule has 0 amide bonds. The molecule has 7 heteroatoms. The SMILES string of the molecule is CCS(=O)(=O)N1C[C@H]2CCC[C@@]2(c2noc(-c3ccccc3)n2)C1. The Balaban J connectivity index is 1.69. The molecule has 6 nitrogen and oxygen atoms in total. The smallest absolute Gasteiger partial charge is 0.257 e. The Morgan fingerprint density at radius 2 is 2.12 bits per heavy atom. The summed E-state index contributed by atoms with van der Waals surface area (Å²) in [7, 11) is -3.18. The van der Waals surface area contributed by atoms with Crippen molar-refractivity contribution in [3.63, 3.8) is 0 Å². The van der Waals surface area contributed by atoms with E-state index in [1.54, 1.807) is 11.2 Å². The van der Waals surface area contributed by atoms with Gasteiger partial charge in [-0.15, -0.1) is 0 Å². The average molecular weight is 347 g/mol. The highest BCUT2D eigenvalue weighted by atomic mass is 32.2. The monoisotopic (exact) mass is 347 g/mol. The highest BCUT2D eigenvalue weighted by Crippen LogP contribution is 2.50. The third kappa shape index (κ3) is 2.38. The van der Waals surface area contributed by atoms with E-state index in [2.05, 4.69) is 10.1 Å². The van der Waals surface area contributed by atoms with E-state index in [0.29, 0.717) is 24.8 Å². The number of sulfonamides is 1. The zero-order chi connectivity index (χ0) is 16.8. The summed E-state index contributed by atoms with van der Waals surface area (Å²) in [5, 5.41) is 4.24. The van der Waals surface area contributed by atoms with Gasteiger partial charge in [-0.05, 0) is 37.8 Å². The van der Waals surface area contributed by atoms with E-state index in [1.807, 2.05) is 30.3 Å². The van der Waals surface area contributed by atoms with Crippen LogP contribution >= 0.6 is 0 Å². The van der Waals surface area contributed by atoms with Gasteiger partial charge in [0.25, 0.3) is 5.89 Å². The first-order chi connectivity index (χ1) is 11.5. The van der Waals surface area contributed by atoms with Gasteiger partial charge in [-0.2, -0.15) is 4.98 Å². The van der Waals surface area contributed by atoms with Crippen LogP contribution < -0.4 is 0 Å². The summed E-state index contributed by atoms with van der Waals surface area (Å²) in [6, 6.07) is 9.67. The Labute approximate surface area is 141 Å². The van der Waals surface area contributed by atoms with E-state index < -0.39 is 10.0 Å². The van der Waals surface area contributed by atoms with Crippen LogP contribution in [-0.2, 0) is 15.4 Å². The minimum Gasteiger partial charge on any atom is -0.334 e. The Bertz CT molecular complexity index is 834. The summed E-state index contributed by atoms with van der Waals surface area (Å²) in [5.41, 5.74) is 0.594. The molecule has 2 atom stereocenters. The van der Waals surface area contributed by atoms with Gasteiger partial charge in [0, 0.05) is 18.7 Å². The third-order valence-electron chi connectivity index (χ3n) is 5.49. The average Bonchev–Trinajstić information content (AvgIpc) is 3.29. The number of hydrogen-bond donors (Lipinski definition) is 0. The van der Waals surface area contributed by atoms with Crippen molar-refractivity contribution in [1.82, 2.24) is 14.4 Å². The van der Waals surface area contributed by atoms with Gasteiger partial charge in [0.15, 0.2) is 5.82 Å². The fourth-order valence-corrected chi connectivity index (χ4v) is 5.33. The molecule has 1 aromatic carbocycles. The van der Waals surface area contributed by atoms with Gasteiger partial charge < -0.3 is 4.52 Å². The quantitative estimate of drug-likeness (QED) is 0.849. The van der Waals surface area contributed by atoms with Gasteiger partial charge in [-0.25, -0.2) is 12.7 Å². The van der Waals surface area contributed by atoms with Crippen LogP contribution in [-0.4, -0.2) is 41.7 Å². The lowest BCUT2D eigenvalue weighted by molar-refractivity contribution is 0.340. The van der Waals surface area contributed by atoms with E-state index >= 15 is 0 Å². The molecule has 2 aliphatic rings. The fourth-order valence-electron chi connectivity index (χ4n) is 4.13. The van der Waals surface area contributed by atoms with Crippen molar-refractivity contribution < 1.29 is 12.9 Å². The van der Waals surface area contributed by atoms with Crippen LogP contribution in [0.1, 0.15) is 32.0 Å². The van der Waals surface area contributed by atoms with Gasteiger partial charge in [0.2, 0.25) is 10.0 Å². The molecule has 0 bridgehead atoms. The molecule has 0 unspecified atom stereocenters. The predicted octanol–water partition coefficient (Wildman–Crippen LogP) is 2.44. The van der Waals surface area contributed by atoms with Crippen LogP contribution in [0, 0.1) is 5.92 Å². The van der Waals surface area contributed by atoms with Crippen molar-refractivity contribution in [1.29, 1.82) is 0 Å². The molecule has 1 aliphatic carbocycles. The minimum absolute atomic E-state index is 0.136. The lowest BCUT2D eigenvalue weighted by atomic mass is 9.80. The lowest BCUT2D eigenvalue weighted by Crippen LogP contribution is -2.36. The first-order valence-corrected chi connectivity index (χ1v) is 10.0. The molecule has 0 spiro atoms. The maximum atomic E-state index is 12.3. The maximum Gasteiger partial charge on any atom is 0.257 e.